The first kappa shape index (κ1) is 19.7. The second-order valence-corrected chi connectivity index (χ2v) is 6.14. The van der Waals surface area contributed by atoms with Crippen molar-refractivity contribution in [2.24, 2.45) is 17.2 Å². The lowest BCUT2D eigenvalue weighted by Crippen LogP contribution is -2.47. The van der Waals surface area contributed by atoms with Crippen molar-refractivity contribution in [3.05, 3.63) is 29.8 Å². The molecular weight excluding hydrogens is 338 g/mol. The number of carbonyl (C=O) groups excluding carboxylic acids is 3. The van der Waals surface area contributed by atoms with Crippen molar-refractivity contribution in [3.8, 4) is 5.75 Å². The van der Waals surface area contributed by atoms with Crippen LogP contribution >= 0.6 is 0 Å². The highest BCUT2D eigenvalue weighted by Crippen LogP contribution is 2.20. The predicted molar refractivity (Wildman–Crippen MR) is 95.2 cm³/mol. The number of rotatable bonds is 8. The first-order valence-corrected chi connectivity index (χ1v) is 8.48. The normalized spacial score (nSPS) is 19.2. The summed E-state index contributed by atoms with van der Waals surface area (Å²) in [6.45, 7) is 0.879. The van der Waals surface area contributed by atoms with E-state index < -0.39 is 11.9 Å². The van der Waals surface area contributed by atoms with Crippen LogP contribution in [-0.2, 0) is 9.59 Å². The van der Waals surface area contributed by atoms with E-state index in [-0.39, 0.29) is 42.3 Å². The van der Waals surface area contributed by atoms with Gasteiger partial charge in [0.2, 0.25) is 5.91 Å². The second-order valence-electron chi connectivity index (χ2n) is 6.14. The van der Waals surface area contributed by atoms with E-state index in [4.69, 9.17) is 21.9 Å². The quantitative estimate of drug-likeness (QED) is 0.415. The first-order chi connectivity index (χ1) is 12.4. The third kappa shape index (κ3) is 4.93. The van der Waals surface area contributed by atoms with Gasteiger partial charge in [0.15, 0.2) is 6.61 Å². The molecule has 7 N–H and O–H groups in total. The number of primary amides is 1. The van der Waals surface area contributed by atoms with Gasteiger partial charge in [0.05, 0.1) is 5.56 Å². The Labute approximate surface area is 151 Å². The average Bonchev–Trinajstić information content (AvgIpc) is 3.02. The molecule has 1 saturated heterocycles. The molecule has 1 heterocycles. The summed E-state index contributed by atoms with van der Waals surface area (Å²) in [5.41, 5.74) is 16.8. The van der Waals surface area contributed by atoms with Gasteiger partial charge in [-0.3, -0.25) is 14.4 Å². The molecule has 0 bridgehead atoms. The number of likely N-dealkylation sites (tertiary alicyclic amines) is 1. The summed E-state index contributed by atoms with van der Waals surface area (Å²) in [7, 11) is 0. The maximum Gasteiger partial charge on any atom is 0.261 e. The van der Waals surface area contributed by atoms with Gasteiger partial charge in [-0.05, 0) is 31.5 Å². The zero-order chi connectivity index (χ0) is 19.1. The molecule has 3 amide bonds. The lowest BCUT2D eigenvalue weighted by molar-refractivity contribution is -0.139. The number of nitrogens with one attached hydrogen (secondary N) is 1. The molecule has 9 heteroatoms. The monoisotopic (exact) mass is 363 g/mol. The van der Waals surface area contributed by atoms with Crippen molar-refractivity contribution in [2.45, 2.75) is 24.9 Å². The van der Waals surface area contributed by atoms with E-state index in [1.807, 2.05) is 0 Å². The first-order valence-electron chi connectivity index (χ1n) is 8.48. The van der Waals surface area contributed by atoms with Gasteiger partial charge in [0, 0.05) is 19.1 Å². The van der Waals surface area contributed by atoms with Crippen molar-refractivity contribution in [1.29, 1.82) is 0 Å². The fraction of sp³-hybridized carbons (Fsp3) is 0.471. The standard InChI is InChI=1S/C17H25N5O4/c18-6-3-7-21-17(25)13-8-11(19)9-22(13)15(23)10-26-14-5-2-1-4-12(14)16(20)24/h1-2,4-5,11,13H,3,6-10,18-19H2,(H2,20,24)(H,21,25). The summed E-state index contributed by atoms with van der Waals surface area (Å²) in [6, 6.07) is 5.48. The molecule has 2 atom stereocenters. The van der Waals surface area contributed by atoms with Crippen LogP contribution in [-0.4, -0.2) is 60.9 Å². The molecule has 1 aliphatic rings. The van der Waals surface area contributed by atoms with Gasteiger partial charge in [-0.25, -0.2) is 0 Å². The number of carbonyl (C=O) groups is 3. The Balaban J connectivity index is 1.99. The molecule has 142 valence electrons. The number of para-hydroxylation sites is 1. The van der Waals surface area contributed by atoms with Gasteiger partial charge in [-0.1, -0.05) is 12.1 Å². The molecule has 26 heavy (non-hydrogen) atoms. The van der Waals surface area contributed by atoms with Crippen LogP contribution in [0.25, 0.3) is 0 Å². The molecule has 9 nitrogen and oxygen atoms in total. The summed E-state index contributed by atoms with van der Waals surface area (Å²) >= 11 is 0. The van der Waals surface area contributed by atoms with Crippen molar-refractivity contribution < 1.29 is 19.1 Å². The second kappa shape index (κ2) is 9.16. The van der Waals surface area contributed by atoms with E-state index in [0.717, 1.165) is 0 Å². The Bertz CT molecular complexity index is 666. The van der Waals surface area contributed by atoms with Crippen LogP contribution < -0.4 is 27.3 Å². The molecule has 0 saturated carbocycles. The van der Waals surface area contributed by atoms with E-state index in [2.05, 4.69) is 5.32 Å². The van der Waals surface area contributed by atoms with Crippen LogP contribution in [0, 0.1) is 0 Å². The van der Waals surface area contributed by atoms with Crippen LogP contribution in [0.15, 0.2) is 24.3 Å². The van der Waals surface area contributed by atoms with Crippen molar-refractivity contribution in [1.82, 2.24) is 10.2 Å². The molecule has 2 rings (SSSR count). The molecule has 1 aromatic rings. The predicted octanol–water partition coefficient (Wildman–Crippen LogP) is -1.44. The summed E-state index contributed by atoms with van der Waals surface area (Å²) in [5, 5.41) is 2.76. The number of hydrogen-bond donors (Lipinski definition) is 4. The Morgan fingerprint density at radius 2 is 2.00 bits per heavy atom. The van der Waals surface area contributed by atoms with E-state index >= 15 is 0 Å². The number of hydrogen-bond acceptors (Lipinski definition) is 6. The smallest absolute Gasteiger partial charge is 0.261 e. The average molecular weight is 363 g/mol. The minimum Gasteiger partial charge on any atom is -0.483 e. The molecule has 2 unspecified atom stereocenters. The molecule has 0 spiro atoms. The van der Waals surface area contributed by atoms with E-state index in [1.54, 1.807) is 18.2 Å². The highest BCUT2D eigenvalue weighted by atomic mass is 16.5. The summed E-state index contributed by atoms with van der Waals surface area (Å²) < 4.78 is 5.45. The molecule has 1 aromatic carbocycles. The zero-order valence-corrected chi connectivity index (χ0v) is 14.5. The molecule has 0 radical (unpaired) electrons. The van der Waals surface area contributed by atoms with E-state index in [1.165, 1.54) is 11.0 Å². The third-order valence-electron chi connectivity index (χ3n) is 4.14. The van der Waals surface area contributed by atoms with Gasteiger partial charge in [0.25, 0.3) is 11.8 Å². The Kier molecular flexibility index (Phi) is 6.93. The molecule has 0 aliphatic carbocycles. The maximum atomic E-state index is 12.5. The van der Waals surface area contributed by atoms with Crippen molar-refractivity contribution in [2.75, 3.05) is 26.2 Å². The number of ether oxygens (including phenoxy) is 1. The molecule has 1 fully saturated rings. The lowest BCUT2D eigenvalue weighted by atomic mass is 10.1. The van der Waals surface area contributed by atoms with E-state index in [9.17, 15) is 14.4 Å². The number of nitrogens with zero attached hydrogens (tertiary/aromatic N) is 1. The largest absolute Gasteiger partial charge is 0.483 e. The highest BCUT2D eigenvalue weighted by molar-refractivity contribution is 5.95. The number of amides is 3. The Morgan fingerprint density at radius 3 is 2.69 bits per heavy atom. The number of nitrogens with two attached hydrogens (primary N) is 3. The summed E-state index contributed by atoms with van der Waals surface area (Å²) in [6.07, 6.45) is 1.05. The Morgan fingerprint density at radius 1 is 1.27 bits per heavy atom. The van der Waals surface area contributed by atoms with Crippen LogP contribution in [0.2, 0.25) is 0 Å². The molecular formula is C17H25N5O4. The highest BCUT2D eigenvalue weighted by Gasteiger charge is 2.38. The fourth-order valence-electron chi connectivity index (χ4n) is 2.84. The topological polar surface area (TPSA) is 154 Å². The SMILES string of the molecule is NCCCNC(=O)C1CC(N)CN1C(=O)COc1ccccc1C(N)=O. The van der Waals surface area contributed by atoms with Crippen LogP contribution in [0.3, 0.4) is 0 Å². The summed E-state index contributed by atoms with van der Waals surface area (Å²) in [4.78, 5) is 37.6. The fourth-order valence-corrected chi connectivity index (χ4v) is 2.84. The van der Waals surface area contributed by atoms with E-state index in [0.29, 0.717) is 25.9 Å². The van der Waals surface area contributed by atoms with Crippen molar-refractivity contribution in [3.63, 3.8) is 0 Å². The van der Waals surface area contributed by atoms with Crippen LogP contribution in [0.5, 0.6) is 5.75 Å². The Hall–Kier alpha value is -2.65. The maximum absolute atomic E-state index is 12.5. The van der Waals surface area contributed by atoms with Gasteiger partial charge in [-0.2, -0.15) is 0 Å². The number of benzene rings is 1. The summed E-state index contributed by atoms with van der Waals surface area (Å²) in [5.74, 6) is -1.05. The lowest BCUT2D eigenvalue weighted by Gasteiger charge is -2.24. The van der Waals surface area contributed by atoms with Gasteiger partial charge in [0.1, 0.15) is 11.8 Å². The van der Waals surface area contributed by atoms with Crippen LogP contribution in [0.1, 0.15) is 23.2 Å². The van der Waals surface area contributed by atoms with Gasteiger partial charge < -0.3 is 32.2 Å². The minimum atomic E-state index is -0.645. The zero-order valence-electron chi connectivity index (χ0n) is 14.5. The van der Waals surface area contributed by atoms with Crippen molar-refractivity contribution >= 4 is 17.7 Å². The van der Waals surface area contributed by atoms with Gasteiger partial charge >= 0.3 is 0 Å². The third-order valence-corrected chi connectivity index (χ3v) is 4.14. The van der Waals surface area contributed by atoms with Gasteiger partial charge in [-0.15, -0.1) is 0 Å². The van der Waals surface area contributed by atoms with Crippen LogP contribution in [0.4, 0.5) is 0 Å². The molecule has 0 aromatic heterocycles. The molecule has 1 aliphatic heterocycles. The minimum absolute atomic E-state index is 0.189.